The van der Waals surface area contributed by atoms with Gasteiger partial charge in [-0.3, -0.25) is 4.79 Å². The Morgan fingerprint density at radius 2 is 1.92 bits per heavy atom. The van der Waals surface area contributed by atoms with Gasteiger partial charge in [0.15, 0.2) is 0 Å². The third kappa shape index (κ3) is 9.38. The summed E-state index contributed by atoms with van der Waals surface area (Å²) in [6.07, 6.45) is 0. The van der Waals surface area contributed by atoms with Crippen molar-refractivity contribution < 1.29 is 14.7 Å². The molecule has 1 atom stereocenters. The zero-order valence-corrected chi connectivity index (χ0v) is 6.39. The van der Waals surface area contributed by atoms with Crippen molar-refractivity contribution in [3.63, 3.8) is 0 Å². The SMILES string of the molecule is CC(=O)NC(CS)C(=O)O.[NaH].[NaH]. The van der Waals surface area contributed by atoms with E-state index >= 15 is 0 Å². The molecule has 0 radical (unpaired) electrons. The summed E-state index contributed by atoms with van der Waals surface area (Å²) in [7, 11) is 0. The fraction of sp³-hybridized carbons (Fsp3) is 0.600. The van der Waals surface area contributed by atoms with Crippen LogP contribution in [0.25, 0.3) is 0 Å². The third-order valence-corrected chi connectivity index (χ3v) is 1.22. The number of carbonyl (C=O) groups excluding carboxylic acids is 1. The van der Waals surface area contributed by atoms with Gasteiger partial charge in [0.05, 0.1) is 0 Å². The van der Waals surface area contributed by atoms with E-state index in [1.165, 1.54) is 6.92 Å². The standard InChI is InChI=1S/C5H9NO3S.2Na.2H/c1-3(7)6-4(2-10)5(8)9;;;;/h4,10H,2H2,1H3,(H,6,7)(H,8,9);;;;. The molecule has 2 N–H and O–H groups in total. The molecule has 1 unspecified atom stereocenters. The van der Waals surface area contributed by atoms with E-state index in [4.69, 9.17) is 5.11 Å². The van der Waals surface area contributed by atoms with Gasteiger partial charge in [-0.25, -0.2) is 4.79 Å². The van der Waals surface area contributed by atoms with Gasteiger partial charge in [0.2, 0.25) is 5.91 Å². The number of aliphatic carboxylic acids is 1. The van der Waals surface area contributed by atoms with Crippen LogP contribution in [0.1, 0.15) is 6.92 Å². The average Bonchev–Trinajstić information content (AvgIpc) is 1.81. The van der Waals surface area contributed by atoms with Crippen molar-refractivity contribution in [1.82, 2.24) is 5.32 Å². The van der Waals surface area contributed by atoms with Gasteiger partial charge in [0.25, 0.3) is 0 Å². The van der Waals surface area contributed by atoms with Crippen molar-refractivity contribution >= 4 is 83.6 Å². The summed E-state index contributed by atoms with van der Waals surface area (Å²) in [4.78, 5) is 20.5. The molecule has 0 rings (SSSR count). The van der Waals surface area contributed by atoms with E-state index in [1.54, 1.807) is 0 Å². The topological polar surface area (TPSA) is 66.4 Å². The van der Waals surface area contributed by atoms with Crippen LogP contribution >= 0.6 is 12.6 Å². The molecule has 0 bridgehead atoms. The molecule has 0 heterocycles. The van der Waals surface area contributed by atoms with Crippen LogP contribution in [0, 0.1) is 0 Å². The van der Waals surface area contributed by atoms with Gasteiger partial charge in [0, 0.05) is 12.7 Å². The molecule has 0 saturated heterocycles. The van der Waals surface area contributed by atoms with Crippen LogP contribution in [-0.2, 0) is 9.59 Å². The Morgan fingerprint density at radius 3 is 2.00 bits per heavy atom. The van der Waals surface area contributed by atoms with Crippen LogP contribution < -0.4 is 5.32 Å². The molecule has 62 valence electrons. The van der Waals surface area contributed by atoms with Gasteiger partial charge in [0.1, 0.15) is 6.04 Å². The van der Waals surface area contributed by atoms with Crippen molar-refractivity contribution in [2.24, 2.45) is 0 Å². The number of hydrogen-bond acceptors (Lipinski definition) is 3. The van der Waals surface area contributed by atoms with Crippen LogP contribution in [0.4, 0.5) is 0 Å². The molecule has 0 aromatic rings. The Labute approximate surface area is 121 Å². The van der Waals surface area contributed by atoms with E-state index in [9.17, 15) is 9.59 Å². The van der Waals surface area contributed by atoms with Crippen LogP contribution in [0.2, 0.25) is 0 Å². The molecule has 0 aliphatic rings. The van der Waals surface area contributed by atoms with E-state index in [-0.39, 0.29) is 70.8 Å². The average molecular weight is 211 g/mol. The zero-order chi connectivity index (χ0) is 8.15. The van der Waals surface area contributed by atoms with E-state index in [2.05, 4.69) is 17.9 Å². The number of carbonyl (C=O) groups is 2. The number of hydrogen-bond donors (Lipinski definition) is 3. The molecule has 0 fully saturated rings. The van der Waals surface area contributed by atoms with Crippen molar-refractivity contribution in [3.05, 3.63) is 0 Å². The van der Waals surface area contributed by atoms with Gasteiger partial charge < -0.3 is 10.4 Å². The minimum atomic E-state index is -1.06. The molecular weight excluding hydrogens is 200 g/mol. The third-order valence-electron chi connectivity index (χ3n) is 0.858. The Bertz CT molecular complexity index is 156. The first kappa shape index (κ1) is 19.0. The molecule has 0 saturated carbocycles. The van der Waals surface area contributed by atoms with E-state index in [0.717, 1.165) is 0 Å². The maximum atomic E-state index is 10.3. The van der Waals surface area contributed by atoms with Crippen molar-refractivity contribution in [1.29, 1.82) is 0 Å². The Hall–Kier alpha value is 1.29. The number of thiol groups is 1. The molecule has 0 aromatic carbocycles. The second-order valence-corrected chi connectivity index (χ2v) is 2.14. The molecule has 0 aliphatic heterocycles. The van der Waals surface area contributed by atoms with E-state index in [1.807, 2.05) is 0 Å². The predicted molar refractivity (Wildman–Crippen MR) is 53.4 cm³/mol. The molecule has 12 heavy (non-hydrogen) atoms. The van der Waals surface area contributed by atoms with Crippen molar-refractivity contribution in [2.45, 2.75) is 13.0 Å². The van der Waals surface area contributed by atoms with Crippen molar-refractivity contribution in [3.8, 4) is 0 Å². The summed E-state index contributed by atoms with van der Waals surface area (Å²) in [5, 5.41) is 10.6. The molecule has 4 nitrogen and oxygen atoms in total. The molecule has 1 amide bonds. The maximum absolute atomic E-state index is 10.3. The molecule has 0 aliphatic carbocycles. The van der Waals surface area contributed by atoms with Gasteiger partial charge in [-0.15, -0.1) is 0 Å². The van der Waals surface area contributed by atoms with Gasteiger partial charge in [-0.1, -0.05) is 0 Å². The Kier molecular flexibility index (Phi) is 16.4. The number of amides is 1. The van der Waals surface area contributed by atoms with Crippen LogP contribution in [0.15, 0.2) is 0 Å². The summed E-state index contributed by atoms with van der Waals surface area (Å²) in [5.74, 6) is -1.32. The number of carboxylic acid groups (broad SMARTS) is 1. The molecular formula is C5H11NNa2O3S. The minimum absolute atomic E-state index is 0. The van der Waals surface area contributed by atoms with Gasteiger partial charge in [-0.05, 0) is 0 Å². The zero-order valence-electron chi connectivity index (χ0n) is 5.50. The summed E-state index contributed by atoms with van der Waals surface area (Å²) in [6.45, 7) is 1.26. The van der Waals surface area contributed by atoms with E-state index in [0.29, 0.717) is 0 Å². The number of carboxylic acids is 1. The number of rotatable bonds is 3. The predicted octanol–water partition coefficient (Wildman–Crippen LogP) is -1.79. The van der Waals surface area contributed by atoms with Crippen LogP contribution in [0.5, 0.6) is 0 Å². The normalized spacial score (nSPS) is 10.2. The molecule has 7 heteroatoms. The quantitative estimate of drug-likeness (QED) is 0.381. The summed E-state index contributed by atoms with van der Waals surface area (Å²) < 4.78 is 0. The first-order valence-corrected chi connectivity index (χ1v) is 3.32. The molecule has 0 spiro atoms. The fourth-order valence-corrected chi connectivity index (χ4v) is 0.678. The van der Waals surface area contributed by atoms with Crippen LogP contribution in [-0.4, -0.2) is 87.9 Å². The number of nitrogens with one attached hydrogen (secondary N) is 1. The summed E-state index contributed by atoms with van der Waals surface area (Å²) in [6, 6.07) is -0.874. The van der Waals surface area contributed by atoms with Gasteiger partial charge >= 0.3 is 65.1 Å². The second kappa shape index (κ2) is 10.4. The van der Waals surface area contributed by atoms with Gasteiger partial charge in [-0.2, -0.15) is 12.6 Å². The first-order valence-electron chi connectivity index (χ1n) is 2.68. The monoisotopic (exact) mass is 211 g/mol. The summed E-state index contributed by atoms with van der Waals surface area (Å²) >= 11 is 3.73. The molecule has 0 aromatic heterocycles. The fourth-order valence-electron chi connectivity index (χ4n) is 0.431. The van der Waals surface area contributed by atoms with Crippen LogP contribution in [0.3, 0.4) is 0 Å². The first-order chi connectivity index (χ1) is 4.57. The Morgan fingerprint density at radius 1 is 1.50 bits per heavy atom. The Balaban J connectivity index is -0.000000405. The van der Waals surface area contributed by atoms with E-state index < -0.39 is 12.0 Å². The second-order valence-electron chi connectivity index (χ2n) is 1.77. The summed E-state index contributed by atoms with van der Waals surface area (Å²) in [5.41, 5.74) is 0. The van der Waals surface area contributed by atoms with Crippen molar-refractivity contribution in [2.75, 3.05) is 5.75 Å².